The molecule has 0 saturated carbocycles. The molecule has 0 bridgehead atoms. The first-order chi connectivity index (χ1) is 12.3. The largest absolute Gasteiger partial charge is 0.374 e. The topological polar surface area (TPSA) is 131 Å². The molecule has 1 aromatic rings. The molecular weight excluding hydrogens is 344 g/mol. The Kier molecular flexibility index (Phi) is 3.48. The van der Waals surface area contributed by atoms with Crippen molar-refractivity contribution in [2.45, 2.75) is 25.5 Å². The van der Waals surface area contributed by atoms with Gasteiger partial charge in [-0.05, 0) is 18.6 Å². The number of nitrogens with zero attached hydrogens (tertiary/aromatic N) is 2. The molecule has 0 aliphatic carbocycles. The molecule has 1 aromatic carbocycles. The third-order valence-corrected chi connectivity index (χ3v) is 5.25. The van der Waals surface area contributed by atoms with E-state index in [1.54, 1.807) is 6.07 Å². The number of carbonyl (C=O) groups excluding carboxylic acids is 3. The van der Waals surface area contributed by atoms with Crippen molar-refractivity contribution in [1.29, 1.82) is 0 Å². The number of nitro benzene ring substituents is 1. The number of hydrogen-bond acceptors (Lipinski definition) is 7. The maximum atomic E-state index is 12.7. The predicted molar refractivity (Wildman–Crippen MR) is 87.5 cm³/mol. The molecule has 3 aliphatic rings. The molecule has 3 aliphatic heterocycles. The highest BCUT2D eigenvalue weighted by Crippen LogP contribution is 2.45. The summed E-state index contributed by atoms with van der Waals surface area (Å²) in [7, 11) is 0. The van der Waals surface area contributed by atoms with Crippen LogP contribution in [0.1, 0.15) is 12.5 Å². The summed E-state index contributed by atoms with van der Waals surface area (Å²) in [6.07, 6.45) is -0.186. The van der Waals surface area contributed by atoms with Crippen LogP contribution in [0.2, 0.25) is 0 Å². The second-order valence-electron chi connectivity index (χ2n) is 6.77. The fourth-order valence-corrected chi connectivity index (χ4v) is 4.03. The second-order valence-corrected chi connectivity index (χ2v) is 6.77. The van der Waals surface area contributed by atoms with Crippen molar-refractivity contribution in [3.8, 4) is 0 Å². The van der Waals surface area contributed by atoms with Gasteiger partial charge in [0, 0.05) is 30.8 Å². The molecule has 2 saturated heterocycles. The molecular formula is C16H16N4O6. The standard InChI is InChI=1S/C16H16N4O6/c1-8-6-19-11-3-2-10(20(24)25)4-9(11)5-16(12(19)7-26-8)13(21)17-15(23)18-14(16)22/h2-4,8,12H,5-7H2,1H3,(H2,17,18,21,22,23)/t8?,12-/m0/s1. The number of hydrogen-bond donors (Lipinski definition) is 2. The fourth-order valence-electron chi connectivity index (χ4n) is 4.03. The smallest absolute Gasteiger partial charge is 0.328 e. The summed E-state index contributed by atoms with van der Waals surface area (Å²) in [5, 5.41) is 15.4. The van der Waals surface area contributed by atoms with E-state index in [1.165, 1.54) is 12.1 Å². The van der Waals surface area contributed by atoms with Gasteiger partial charge in [0.15, 0.2) is 5.41 Å². The van der Waals surface area contributed by atoms with Crippen LogP contribution in [0.4, 0.5) is 16.2 Å². The van der Waals surface area contributed by atoms with E-state index in [9.17, 15) is 24.5 Å². The normalized spacial score (nSPS) is 26.7. The number of carbonyl (C=O) groups is 3. The molecule has 4 rings (SSSR count). The van der Waals surface area contributed by atoms with E-state index in [0.717, 1.165) is 5.69 Å². The summed E-state index contributed by atoms with van der Waals surface area (Å²) in [5.41, 5.74) is -0.453. The van der Waals surface area contributed by atoms with Crippen molar-refractivity contribution in [2.75, 3.05) is 18.1 Å². The molecule has 0 aromatic heterocycles. The Morgan fingerprint density at radius 2 is 1.96 bits per heavy atom. The van der Waals surface area contributed by atoms with Crippen LogP contribution in [-0.2, 0) is 20.7 Å². The van der Waals surface area contributed by atoms with Crippen LogP contribution in [0, 0.1) is 15.5 Å². The van der Waals surface area contributed by atoms with Gasteiger partial charge in [-0.2, -0.15) is 0 Å². The highest BCUT2D eigenvalue weighted by molar-refractivity contribution is 6.20. The first-order valence-electron chi connectivity index (χ1n) is 8.15. The van der Waals surface area contributed by atoms with Gasteiger partial charge in [0.2, 0.25) is 11.8 Å². The van der Waals surface area contributed by atoms with Gasteiger partial charge in [-0.15, -0.1) is 0 Å². The number of rotatable bonds is 1. The molecule has 2 N–H and O–H groups in total. The molecule has 10 nitrogen and oxygen atoms in total. The zero-order valence-electron chi connectivity index (χ0n) is 13.9. The van der Waals surface area contributed by atoms with Crippen LogP contribution in [0.3, 0.4) is 0 Å². The Bertz CT molecular complexity index is 833. The van der Waals surface area contributed by atoms with Crippen molar-refractivity contribution in [3.63, 3.8) is 0 Å². The molecule has 2 fully saturated rings. The molecule has 26 heavy (non-hydrogen) atoms. The van der Waals surface area contributed by atoms with Crippen LogP contribution in [-0.4, -0.2) is 48.1 Å². The van der Waals surface area contributed by atoms with Crippen LogP contribution in [0.5, 0.6) is 0 Å². The number of urea groups is 1. The van der Waals surface area contributed by atoms with Crippen molar-refractivity contribution < 1.29 is 24.0 Å². The third kappa shape index (κ3) is 2.18. The number of morpholine rings is 1. The van der Waals surface area contributed by atoms with Crippen LogP contribution < -0.4 is 15.5 Å². The zero-order valence-corrected chi connectivity index (χ0v) is 13.9. The number of anilines is 1. The molecule has 4 amide bonds. The minimum absolute atomic E-state index is 0.0478. The Balaban J connectivity index is 1.88. The van der Waals surface area contributed by atoms with Gasteiger partial charge in [-0.3, -0.25) is 30.3 Å². The Morgan fingerprint density at radius 1 is 1.27 bits per heavy atom. The van der Waals surface area contributed by atoms with E-state index in [4.69, 9.17) is 4.74 Å². The molecule has 1 unspecified atom stereocenters. The van der Waals surface area contributed by atoms with E-state index >= 15 is 0 Å². The van der Waals surface area contributed by atoms with Gasteiger partial charge >= 0.3 is 6.03 Å². The number of nitrogens with one attached hydrogen (secondary N) is 2. The molecule has 0 radical (unpaired) electrons. The van der Waals surface area contributed by atoms with Gasteiger partial charge < -0.3 is 9.64 Å². The highest BCUT2D eigenvalue weighted by atomic mass is 16.6. The monoisotopic (exact) mass is 360 g/mol. The first kappa shape index (κ1) is 16.5. The minimum atomic E-state index is -1.59. The first-order valence-corrected chi connectivity index (χ1v) is 8.15. The number of ether oxygens (including phenoxy) is 1. The molecule has 1 spiro atoms. The van der Waals surface area contributed by atoms with E-state index in [-0.39, 0.29) is 24.8 Å². The summed E-state index contributed by atoms with van der Waals surface area (Å²) in [4.78, 5) is 49.5. The van der Waals surface area contributed by atoms with Gasteiger partial charge in [0.1, 0.15) is 0 Å². The lowest BCUT2D eigenvalue weighted by molar-refractivity contribution is -0.384. The Hall–Kier alpha value is -3.01. The van der Waals surface area contributed by atoms with Gasteiger partial charge in [0.05, 0.1) is 23.7 Å². The Morgan fingerprint density at radius 3 is 2.62 bits per heavy atom. The maximum Gasteiger partial charge on any atom is 0.328 e. The second kappa shape index (κ2) is 5.49. The van der Waals surface area contributed by atoms with Crippen LogP contribution in [0.15, 0.2) is 18.2 Å². The zero-order chi connectivity index (χ0) is 18.6. The summed E-state index contributed by atoms with van der Waals surface area (Å²) in [6.45, 7) is 2.42. The summed E-state index contributed by atoms with van der Waals surface area (Å²) >= 11 is 0. The SMILES string of the molecule is CC1CN2c3ccc([N+](=O)[O-])cc3CC3(C(=O)NC(=O)NC3=O)[C@@H]2CO1. The van der Waals surface area contributed by atoms with Gasteiger partial charge in [-0.25, -0.2) is 4.79 Å². The average molecular weight is 360 g/mol. The maximum absolute atomic E-state index is 12.7. The van der Waals surface area contributed by atoms with Crippen molar-refractivity contribution in [3.05, 3.63) is 33.9 Å². The van der Waals surface area contributed by atoms with Crippen molar-refractivity contribution in [2.24, 2.45) is 5.41 Å². The average Bonchev–Trinajstić information content (AvgIpc) is 2.58. The minimum Gasteiger partial charge on any atom is -0.374 e. The van der Waals surface area contributed by atoms with Gasteiger partial charge in [-0.1, -0.05) is 0 Å². The van der Waals surface area contributed by atoms with E-state index in [1.807, 2.05) is 11.8 Å². The predicted octanol–water partition coefficient (Wildman–Crippen LogP) is 0.0970. The van der Waals surface area contributed by atoms with E-state index < -0.39 is 34.2 Å². The lowest BCUT2D eigenvalue weighted by Crippen LogP contribution is -2.73. The number of non-ortho nitro benzene ring substituents is 1. The fraction of sp³-hybridized carbons (Fsp3) is 0.438. The Labute approximate surface area is 147 Å². The third-order valence-electron chi connectivity index (χ3n) is 5.25. The number of imide groups is 2. The summed E-state index contributed by atoms with van der Waals surface area (Å²) in [5.74, 6) is -1.42. The van der Waals surface area contributed by atoms with Crippen LogP contribution in [0.25, 0.3) is 0 Å². The van der Waals surface area contributed by atoms with Crippen molar-refractivity contribution >= 4 is 29.2 Å². The van der Waals surface area contributed by atoms with E-state index in [0.29, 0.717) is 12.1 Å². The van der Waals surface area contributed by atoms with Crippen molar-refractivity contribution in [1.82, 2.24) is 10.6 Å². The lowest BCUT2D eigenvalue weighted by Gasteiger charge is -2.52. The number of amides is 4. The molecule has 136 valence electrons. The number of fused-ring (bicyclic) bond motifs is 4. The lowest BCUT2D eigenvalue weighted by atomic mass is 9.68. The van der Waals surface area contributed by atoms with E-state index in [2.05, 4.69) is 10.6 Å². The summed E-state index contributed by atoms with van der Waals surface area (Å²) < 4.78 is 5.68. The summed E-state index contributed by atoms with van der Waals surface area (Å²) in [6, 6.07) is 2.94. The molecule has 10 heteroatoms. The number of barbiturate groups is 1. The molecule has 2 atom stereocenters. The van der Waals surface area contributed by atoms with Gasteiger partial charge in [0.25, 0.3) is 5.69 Å². The quantitative estimate of drug-likeness (QED) is 0.412. The molecule has 3 heterocycles. The highest BCUT2D eigenvalue weighted by Gasteiger charge is 2.61. The van der Waals surface area contributed by atoms with Crippen LogP contribution >= 0.6 is 0 Å². The number of nitro groups is 1. The number of benzene rings is 1.